The van der Waals surface area contributed by atoms with Gasteiger partial charge in [0.2, 0.25) is 0 Å². The molecular weight excluding hydrogens is 280 g/mol. The van der Waals surface area contributed by atoms with Crippen LogP contribution in [-0.2, 0) is 18.9 Å². The van der Waals surface area contributed by atoms with Crippen molar-refractivity contribution in [3.63, 3.8) is 0 Å². The molecule has 2 heterocycles. The lowest BCUT2D eigenvalue weighted by Crippen LogP contribution is -2.53. The third-order valence-corrected chi connectivity index (χ3v) is 5.43. The van der Waals surface area contributed by atoms with E-state index in [1.54, 1.807) is 0 Å². The van der Waals surface area contributed by atoms with Crippen LogP contribution < -0.4 is 0 Å². The van der Waals surface area contributed by atoms with E-state index < -0.39 is 5.79 Å². The Morgan fingerprint density at radius 1 is 1.09 bits per heavy atom. The molecule has 2 saturated heterocycles. The molecule has 0 aromatic carbocycles. The highest BCUT2D eigenvalue weighted by atomic mass is 16.8. The normalized spacial score (nSPS) is 39.3. The van der Waals surface area contributed by atoms with Crippen LogP contribution in [0.2, 0.25) is 0 Å². The second-order valence-electron chi connectivity index (χ2n) is 7.08. The summed E-state index contributed by atoms with van der Waals surface area (Å²) in [5.74, 6) is 0.226. The molecule has 0 radical (unpaired) electrons. The first kappa shape index (κ1) is 16.7. The molecule has 128 valence electrons. The Hall–Kier alpha value is -0.160. The van der Waals surface area contributed by atoms with Crippen LogP contribution in [0.5, 0.6) is 0 Å². The lowest BCUT2D eigenvalue weighted by Gasteiger charge is -2.42. The highest BCUT2D eigenvalue weighted by Gasteiger charge is 2.55. The van der Waals surface area contributed by atoms with E-state index in [0.717, 1.165) is 31.8 Å². The molecule has 2 bridgehead atoms. The summed E-state index contributed by atoms with van der Waals surface area (Å²) in [7, 11) is 0. The molecule has 3 rings (SSSR count). The van der Waals surface area contributed by atoms with Crippen molar-refractivity contribution >= 4 is 0 Å². The van der Waals surface area contributed by atoms with E-state index in [4.69, 9.17) is 18.9 Å². The topological polar surface area (TPSA) is 36.9 Å². The summed E-state index contributed by atoms with van der Waals surface area (Å²) < 4.78 is 24.6. The van der Waals surface area contributed by atoms with Gasteiger partial charge in [-0.3, -0.25) is 0 Å². The van der Waals surface area contributed by atoms with Crippen molar-refractivity contribution in [3.05, 3.63) is 0 Å². The zero-order valence-corrected chi connectivity index (χ0v) is 14.2. The smallest absolute Gasteiger partial charge is 0.195 e. The van der Waals surface area contributed by atoms with Crippen LogP contribution in [0.25, 0.3) is 0 Å². The van der Waals surface area contributed by atoms with Gasteiger partial charge in [0.25, 0.3) is 0 Å². The minimum atomic E-state index is -0.514. The highest BCUT2D eigenvalue weighted by molar-refractivity contribution is 4.97. The fourth-order valence-electron chi connectivity index (χ4n) is 4.27. The summed E-state index contributed by atoms with van der Waals surface area (Å²) in [6, 6.07) is 0. The van der Waals surface area contributed by atoms with E-state index in [2.05, 4.69) is 6.92 Å². The van der Waals surface area contributed by atoms with Crippen LogP contribution in [-0.4, -0.2) is 43.9 Å². The number of fused-ring (bicyclic) bond motifs is 2. The summed E-state index contributed by atoms with van der Waals surface area (Å²) in [5, 5.41) is 0. The molecule has 4 nitrogen and oxygen atoms in total. The molecule has 1 saturated carbocycles. The summed E-state index contributed by atoms with van der Waals surface area (Å²) in [6.45, 7) is 6.44. The van der Waals surface area contributed by atoms with E-state index in [1.807, 2.05) is 6.92 Å². The van der Waals surface area contributed by atoms with Gasteiger partial charge in [0.15, 0.2) is 5.79 Å². The first-order chi connectivity index (χ1) is 10.8. The molecule has 4 heteroatoms. The van der Waals surface area contributed by atoms with Gasteiger partial charge in [0.05, 0.1) is 12.7 Å². The van der Waals surface area contributed by atoms with Crippen molar-refractivity contribution in [2.45, 2.75) is 89.3 Å². The highest BCUT2D eigenvalue weighted by Crippen LogP contribution is 2.42. The average molecular weight is 312 g/mol. The van der Waals surface area contributed by atoms with Crippen molar-refractivity contribution < 1.29 is 18.9 Å². The second kappa shape index (κ2) is 7.61. The zero-order valence-electron chi connectivity index (χ0n) is 14.2. The Labute approximate surface area is 134 Å². The summed E-state index contributed by atoms with van der Waals surface area (Å²) in [4.78, 5) is 0. The Kier molecular flexibility index (Phi) is 5.77. The molecule has 0 aromatic heterocycles. The maximum absolute atomic E-state index is 6.27. The first-order valence-corrected chi connectivity index (χ1v) is 9.32. The molecule has 22 heavy (non-hydrogen) atoms. The van der Waals surface area contributed by atoms with Gasteiger partial charge < -0.3 is 18.9 Å². The van der Waals surface area contributed by atoms with E-state index >= 15 is 0 Å². The Morgan fingerprint density at radius 2 is 1.91 bits per heavy atom. The molecule has 4 atom stereocenters. The Morgan fingerprint density at radius 3 is 2.64 bits per heavy atom. The van der Waals surface area contributed by atoms with Crippen LogP contribution in [0.15, 0.2) is 0 Å². The van der Waals surface area contributed by atoms with Crippen molar-refractivity contribution in [1.29, 1.82) is 0 Å². The Bertz CT molecular complexity index is 342. The predicted molar refractivity (Wildman–Crippen MR) is 84.8 cm³/mol. The third kappa shape index (κ3) is 3.50. The van der Waals surface area contributed by atoms with Crippen molar-refractivity contribution in [2.24, 2.45) is 5.92 Å². The molecule has 1 unspecified atom stereocenters. The second-order valence-corrected chi connectivity index (χ2v) is 7.08. The molecule has 0 amide bonds. The van der Waals surface area contributed by atoms with Crippen LogP contribution in [0.1, 0.15) is 65.2 Å². The van der Waals surface area contributed by atoms with E-state index in [9.17, 15) is 0 Å². The Balaban J connectivity index is 1.57. The van der Waals surface area contributed by atoms with Crippen LogP contribution in [0, 0.1) is 5.92 Å². The van der Waals surface area contributed by atoms with Gasteiger partial charge in [-0.25, -0.2) is 0 Å². The molecule has 0 aromatic rings. The largest absolute Gasteiger partial charge is 0.375 e. The van der Waals surface area contributed by atoms with Gasteiger partial charge in [0.1, 0.15) is 12.2 Å². The van der Waals surface area contributed by atoms with Crippen LogP contribution in [0.3, 0.4) is 0 Å². The molecule has 1 aliphatic carbocycles. The number of rotatable bonds is 7. The van der Waals surface area contributed by atoms with Gasteiger partial charge >= 0.3 is 0 Å². The zero-order chi connectivity index (χ0) is 15.4. The number of hydrogen-bond donors (Lipinski definition) is 0. The van der Waals surface area contributed by atoms with Gasteiger partial charge in [-0.2, -0.15) is 0 Å². The van der Waals surface area contributed by atoms with Crippen molar-refractivity contribution in [1.82, 2.24) is 0 Å². The lowest BCUT2D eigenvalue weighted by atomic mass is 9.89. The summed E-state index contributed by atoms with van der Waals surface area (Å²) in [5.41, 5.74) is 0. The molecule has 3 aliphatic rings. The van der Waals surface area contributed by atoms with E-state index in [0.29, 0.717) is 13.2 Å². The van der Waals surface area contributed by atoms with Gasteiger partial charge in [-0.15, -0.1) is 0 Å². The molecule has 3 fully saturated rings. The van der Waals surface area contributed by atoms with Crippen LogP contribution >= 0.6 is 0 Å². The average Bonchev–Trinajstić information content (AvgIpc) is 2.91. The maximum Gasteiger partial charge on any atom is 0.195 e. The van der Waals surface area contributed by atoms with Crippen molar-refractivity contribution in [2.75, 3.05) is 19.8 Å². The fourth-order valence-corrected chi connectivity index (χ4v) is 4.27. The third-order valence-electron chi connectivity index (χ3n) is 5.43. The monoisotopic (exact) mass is 312 g/mol. The minimum absolute atomic E-state index is 0.00700. The van der Waals surface area contributed by atoms with Gasteiger partial charge in [-0.05, 0) is 25.7 Å². The standard InChI is InChI=1S/C18H32O4/c1-3-10-18-17(19-4-2)11-15(16(22-18)13-21-18)20-12-14-8-6-5-7-9-14/h14-17H,3-13H2,1-2H3/t15-,16+,17+,18?/m0/s1. The van der Waals surface area contributed by atoms with Gasteiger partial charge in [-0.1, -0.05) is 32.6 Å². The summed E-state index contributed by atoms with van der Waals surface area (Å²) >= 11 is 0. The molecule has 0 N–H and O–H groups in total. The fraction of sp³-hybridized carbons (Fsp3) is 1.00. The minimum Gasteiger partial charge on any atom is -0.375 e. The molecule has 0 spiro atoms. The SMILES string of the molecule is CCCC12OC[C@@H](O1)[C@@H](OCC1CCCCC1)C[C@H]2OCC. The maximum atomic E-state index is 6.27. The predicted octanol–water partition coefficient (Wildman–Crippen LogP) is 3.67. The van der Waals surface area contributed by atoms with E-state index in [1.165, 1.54) is 32.1 Å². The molecule has 2 aliphatic heterocycles. The lowest BCUT2D eigenvalue weighted by molar-refractivity contribution is -0.281. The van der Waals surface area contributed by atoms with Crippen molar-refractivity contribution in [3.8, 4) is 0 Å². The first-order valence-electron chi connectivity index (χ1n) is 9.32. The number of ether oxygens (including phenoxy) is 4. The number of hydrogen-bond acceptors (Lipinski definition) is 4. The quantitative estimate of drug-likeness (QED) is 0.719. The molecular formula is C18H32O4. The summed E-state index contributed by atoms with van der Waals surface area (Å²) in [6.07, 6.45) is 9.85. The van der Waals surface area contributed by atoms with Gasteiger partial charge in [0, 0.05) is 26.1 Å². The van der Waals surface area contributed by atoms with Crippen LogP contribution in [0.4, 0.5) is 0 Å². The van der Waals surface area contributed by atoms with E-state index in [-0.39, 0.29) is 18.3 Å².